The normalized spacial score (nSPS) is 10.4. The van der Waals surface area contributed by atoms with Gasteiger partial charge in [-0.3, -0.25) is 0 Å². The van der Waals surface area contributed by atoms with Crippen LogP contribution in [0.3, 0.4) is 0 Å². The third kappa shape index (κ3) is 114. The molecule has 0 heterocycles. The average molecular weight is 545 g/mol. The van der Waals surface area contributed by atoms with Gasteiger partial charge in [-0.05, 0) is 6.92 Å². The summed E-state index contributed by atoms with van der Waals surface area (Å²) in [5.41, 5.74) is 7.02. The fourth-order valence-electron chi connectivity index (χ4n) is 1.45. The van der Waals surface area contributed by atoms with Crippen LogP contribution in [0, 0.1) is 21.7 Å². The van der Waals surface area contributed by atoms with Crippen LogP contribution in [0.1, 0.15) is 115 Å². The van der Waals surface area contributed by atoms with Gasteiger partial charge in [-0.1, -0.05) is 127 Å². The second-order valence-corrected chi connectivity index (χ2v) is 11.6. The molecule has 0 spiro atoms. The van der Waals surface area contributed by atoms with E-state index in [0.29, 0.717) is 21.7 Å². The van der Waals surface area contributed by atoms with Gasteiger partial charge < -0.3 is 32.1 Å². The van der Waals surface area contributed by atoms with Crippen LogP contribution in [0.4, 0.5) is 0 Å². The molecule has 0 aliphatic carbocycles. The number of nitrogens with one attached hydrogen (secondary N) is 1. The quantitative estimate of drug-likeness (QED) is 0.393. The van der Waals surface area contributed by atoms with E-state index in [9.17, 15) is 0 Å². The number of hydrogen-bond donors (Lipinski definition) is 0. The van der Waals surface area contributed by atoms with Gasteiger partial charge in [0.1, 0.15) is 7.63 Å². The molecule has 0 saturated heterocycles. The van der Waals surface area contributed by atoms with Crippen LogP contribution in [-0.2, 0) is 9.59 Å². The molecule has 0 unspecified atom stereocenters. The molecule has 0 radical (unpaired) electrons. The molecule has 204 valence electrons. The van der Waals surface area contributed by atoms with Crippen LogP contribution >= 0.6 is 0 Å². The molecule has 0 saturated carbocycles. The standard InChI is InChI=1S/2C10H22N.C2H4O.CH3NO.3CH4.2K.H2N/c2*1-9(2,3)7-11-8-10(4,5)6;1-2-3;2-1-3;;;;;;/h2*7-8H2,1-6H3;2H,1H3;1H,(H2,2,3);3*1H4;;;1H2/q2*-1;;;;;;2*+1;-1/p-1/i;;2D;1D;;;;;;. The minimum Gasteiger partial charge on any atom is -0.693 e. The van der Waals surface area contributed by atoms with E-state index in [-0.39, 0.29) is 131 Å². The molecule has 1 amide bonds. The van der Waals surface area contributed by atoms with Crippen molar-refractivity contribution in [3.63, 3.8) is 0 Å². The van der Waals surface area contributed by atoms with E-state index < -0.39 is 12.6 Å². The smallest absolute Gasteiger partial charge is 0.693 e. The van der Waals surface area contributed by atoms with Crippen molar-refractivity contribution < 1.29 is 115 Å². The third-order valence-corrected chi connectivity index (χ3v) is 2.34. The molecule has 6 nitrogen and oxygen atoms in total. The largest absolute Gasteiger partial charge is 1.00 e. The van der Waals surface area contributed by atoms with E-state index in [1.165, 1.54) is 6.92 Å². The predicted octanol–water partition coefficient (Wildman–Crippen LogP) is 3.94. The van der Waals surface area contributed by atoms with Crippen molar-refractivity contribution >= 4 is 12.6 Å². The van der Waals surface area contributed by atoms with Crippen LogP contribution in [0.15, 0.2) is 0 Å². The van der Waals surface area contributed by atoms with Gasteiger partial charge in [0.05, 0.1) is 1.37 Å². The molecular weight excluding hydrogens is 479 g/mol. The summed E-state index contributed by atoms with van der Waals surface area (Å²) in [5.74, 6) is 0. The summed E-state index contributed by atoms with van der Waals surface area (Å²) < 4.78 is 11.6. The van der Waals surface area contributed by atoms with Crippen molar-refractivity contribution in [1.29, 1.82) is 0 Å². The zero-order valence-corrected chi connectivity index (χ0v) is 29.9. The molecule has 0 aromatic heterocycles. The van der Waals surface area contributed by atoms with E-state index in [1.54, 1.807) is 0 Å². The number of aldehydes is 1. The third-order valence-electron chi connectivity index (χ3n) is 2.34. The summed E-state index contributed by atoms with van der Waals surface area (Å²) >= 11 is 0. The molecule has 0 fully saturated rings. The molecule has 0 atom stereocenters. The van der Waals surface area contributed by atoms with Crippen LogP contribution < -0.4 is 103 Å². The summed E-state index contributed by atoms with van der Waals surface area (Å²) in [6.07, 6.45) is -1.92. The average Bonchev–Trinajstić information content (AvgIpc) is 2.30. The number of rotatable bonds is 4. The Morgan fingerprint density at radius 2 is 0.706 bits per heavy atom. The van der Waals surface area contributed by atoms with Gasteiger partial charge >= 0.3 is 103 Å². The molecule has 0 bridgehead atoms. The zero-order valence-electron chi connectivity index (χ0n) is 25.6. The van der Waals surface area contributed by atoms with Crippen molar-refractivity contribution in [2.45, 2.75) is 112 Å². The first kappa shape index (κ1) is 56.5. The maximum Gasteiger partial charge on any atom is 1.00 e. The van der Waals surface area contributed by atoms with E-state index in [1.807, 2.05) is 0 Å². The van der Waals surface area contributed by atoms with Crippen LogP contribution in [0.25, 0.3) is 22.5 Å². The monoisotopic (exact) mass is 544 g/mol. The fraction of sp³-hybridized carbons (Fsp3) is 0.923. The summed E-state index contributed by atoms with van der Waals surface area (Å²) in [4.78, 5) is 17.9. The Bertz CT molecular complexity index is 379. The first-order valence-corrected chi connectivity index (χ1v) is 9.84. The first-order chi connectivity index (χ1) is 12.9. The molecule has 0 aromatic carbocycles. The topological polar surface area (TPSA) is 120 Å². The van der Waals surface area contributed by atoms with E-state index in [0.717, 1.165) is 26.2 Å². The number of hydrogen-bond acceptors (Lipinski definition) is 2. The minimum atomic E-state index is -1.33. The van der Waals surface area contributed by atoms with Gasteiger partial charge in [-0.15, -0.1) is 26.2 Å². The summed E-state index contributed by atoms with van der Waals surface area (Å²) in [7, 11) is 0. The summed E-state index contributed by atoms with van der Waals surface area (Å²) in [5, 5.41) is 9.03. The minimum absolute atomic E-state index is 0. The van der Waals surface area contributed by atoms with E-state index in [2.05, 4.69) is 93.7 Å². The summed E-state index contributed by atoms with van der Waals surface area (Å²) in [6, 6.07) is 0. The van der Waals surface area contributed by atoms with Gasteiger partial charge in [0.15, 0.2) is 0 Å². The Balaban J connectivity index is -0.0000000321. The Kier molecular flexibility index (Phi) is 58.6. The molecule has 34 heavy (non-hydrogen) atoms. The van der Waals surface area contributed by atoms with E-state index >= 15 is 0 Å². The van der Waals surface area contributed by atoms with Crippen molar-refractivity contribution in [2.75, 3.05) is 26.2 Å². The van der Waals surface area contributed by atoms with Crippen LogP contribution in [0.2, 0.25) is 0 Å². The Morgan fingerprint density at radius 3 is 0.765 bits per heavy atom. The van der Waals surface area contributed by atoms with Crippen molar-refractivity contribution in [2.24, 2.45) is 21.7 Å². The van der Waals surface area contributed by atoms with Crippen LogP contribution in [0.5, 0.6) is 0 Å². The van der Waals surface area contributed by atoms with Gasteiger partial charge in [-0.2, -0.15) is 0 Å². The summed E-state index contributed by atoms with van der Waals surface area (Å²) in [6.45, 7) is 31.8. The van der Waals surface area contributed by atoms with Gasteiger partial charge in [0, 0.05) is 6.39 Å². The van der Waals surface area contributed by atoms with Gasteiger partial charge in [-0.25, -0.2) is 0 Å². The predicted molar refractivity (Wildman–Crippen MR) is 152 cm³/mol. The molecule has 0 aliphatic rings. The van der Waals surface area contributed by atoms with Gasteiger partial charge in [0.2, 0.25) is 0 Å². The molecule has 3 N–H and O–H groups in total. The van der Waals surface area contributed by atoms with Gasteiger partial charge in [0.25, 0.3) is 0 Å². The second-order valence-electron chi connectivity index (χ2n) is 11.6. The number of carbonyl (C=O) groups is 2. The van der Waals surface area contributed by atoms with E-state index in [4.69, 9.17) is 18.1 Å². The maximum atomic E-state index is 9.11. The number of nitrogens with zero attached hydrogens (tertiary/aromatic N) is 2. The molecule has 8 heteroatoms. The Hall–Kier alpha value is 2.29. The number of amides is 1. The molecule has 0 rings (SSSR count). The zero-order chi connectivity index (χ0) is 25.4. The first-order valence-electron chi connectivity index (χ1n) is 10.8. The SMILES string of the molecule is C.C.C.CC(C)(C)C[N-]CC(C)(C)C.CC(C)(C)C[N-]CC(C)(C)C.[2H]C(C)=O.[2H]C([NH-])=O.[K+].[K+].[NH2-]. The molecule has 0 aliphatic heterocycles. The Morgan fingerprint density at radius 1 is 0.618 bits per heavy atom. The van der Waals surface area contributed by atoms with Crippen molar-refractivity contribution in [1.82, 2.24) is 0 Å². The maximum absolute atomic E-state index is 9.11. The fourth-order valence-corrected chi connectivity index (χ4v) is 1.45. The van der Waals surface area contributed by atoms with Crippen molar-refractivity contribution in [3.8, 4) is 0 Å². The molecule has 0 aromatic rings. The molecular formula is C26H64K2N4O2-2. The second kappa shape index (κ2) is 35.3. The Labute approximate surface area is 305 Å². The number of carbonyl (C=O) groups excluding carboxylic acids is 2. The number of nitrogens with two attached hydrogens (primary N) is 1. The van der Waals surface area contributed by atoms with Crippen molar-refractivity contribution in [3.05, 3.63) is 22.5 Å². The van der Waals surface area contributed by atoms with Crippen LogP contribution in [-0.4, -0.2) is 38.8 Å².